The van der Waals surface area contributed by atoms with Gasteiger partial charge in [-0.2, -0.15) is 0 Å². The second-order valence-corrected chi connectivity index (χ2v) is 7.30. The van der Waals surface area contributed by atoms with Crippen molar-refractivity contribution in [3.05, 3.63) is 28.8 Å². The van der Waals surface area contributed by atoms with E-state index in [0.29, 0.717) is 50.6 Å². The number of piperidine rings is 1. The first-order valence-electron chi connectivity index (χ1n) is 9.80. The molecule has 1 aromatic carbocycles. The largest absolute Gasteiger partial charge is 0.493 e. The predicted octanol–water partition coefficient (Wildman–Crippen LogP) is 2.82. The summed E-state index contributed by atoms with van der Waals surface area (Å²) in [6, 6.07) is 5.37. The highest BCUT2D eigenvalue weighted by Gasteiger charge is 2.28. The van der Waals surface area contributed by atoms with Crippen molar-refractivity contribution in [1.29, 1.82) is 0 Å². The summed E-state index contributed by atoms with van der Waals surface area (Å²) in [5.74, 6) is -0.0249. The Morgan fingerprint density at radius 3 is 2.59 bits per heavy atom. The molecule has 0 spiro atoms. The maximum atomic E-state index is 12.2. The van der Waals surface area contributed by atoms with Gasteiger partial charge in [-0.3, -0.25) is 20.4 Å². The number of hydrogen-bond acceptors (Lipinski definition) is 5. The van der Waals surface area contributed by atoms with E-state index in [1.165, 1.54) is 0 Å². The molecule has 0 saturated carbocycles. The summed E-state index contributed by atoms with van der Waals surface area (Å²) >= 11 is 5.90. The van der Waals surface area contributed by atoms with E-state index in [0.717, 1.165) is 11.3 Å². The zero-order valence-corrected chi connectivity index (χ0v) is 17.6. The van der Waals surface area contributed by atoms with Crippen LogP contribution < -0.4 is 15.6 Å². The number of hydrazine groups is 1. The number of likely N-dealkylation sites (tertiary alicyclic amines) is 1. The quantitative estimate of drug-likeness (QED) is 0.517. The van der Waals surface area contributed by atoms with Gasteiger partial charge in [-0.1, -0.05) is 11.6 Å². The molecule has 0 atom stereocenters. The van der Waals surface area contributed by atoms with Crippen LogP contribution in [0, 0.1) is 12.8 Å². The van der Waals surface area contributed by atoms with Crippen LogP contribution in [0.15, 0.2) is 18.2 Å². The van der Waals surface area contributed by atoms with Gasteiger partial charge in [0.15, 0.2) is 0 Å². The van der Waals surface area contributed by atoms with Gasteiger partial charge in [-0.15, -0.1) is 0 Å². The Kier molecular flexibility index (Phi) is 9.05. The van der Waals surface area contributed by atoms with Gasteiger partial charge >= 0.3 is 6.09 Å². The molecule has 2 rings (SSSR count). The third kappa shape index (κ3) is 7.45. The average Bonchev–Trinajstić information content (AvgIpc) is 2.71. The van der Waals surface area contributed by atoms with Gasteiger partial charge in [0.1, 0.15) is 5.75 Å². The fourth-order valence-electron chi connectivity index (χ4n) is 3.02. The lowest BCUT2D eigenvalue weighted by atomic mass is 9.96. The minimum absolute atomic E-state index is 0.230. The molecule has 1 heterocycles. The molecule has 1 aromatic rings. The zero-order chi connectivity index (χ0) is 21.2. The lowest BCUT2D eigenvalue weighted by Gasteiger charge is -2.30. The number of aryl methyl sites for hydroxylation is 1. The van der Waals surface area contributed by atoms with Gasteiger partial charge < -0.3 is 14.4 Å². The summed E-state index contributed by atoms with van der Waals surface area (Å²) in [4.78, 5) is 37.3. The number of amides is 3. The van der Waals surface area contributed by atoms with Gasteiger partial charge in [0, 0.05) is 30.5 Å². The van der Waals surface area contributed by atoms with Crippen LogP contribution in [0.25, 0.3) is 0 Å². The van der Waals surface area contributed by atoms with Crippen LogP contribution in [0.1, 0.15) is 38.2 Å². The van der Waals surface area contributed by atoms with Crippen LogP contribution in [-0.2, 0) is 14.3 Å². The molecule has 8 nitrogen and oxygen atoms in total. The van der Waals surface area contributed by atoms with E-state index in [-0.39, 0.29) is 30.2 Å². The van der Waals surface area contributed by atoms with Crippen molar-refractivity contribution in [1.82, 2.24) is 15.8 Å². The van der Waals surface area contributed by atoms with Gasteiger partial charge in [-0.25, -0.2) is 4.79 Å². The number of carbonyl (C=O) groups is 3. The molecule has 0 unspecified atom stereocenters. The van der Waals surface area contributed by atoms with E-state index >= 15 is 0 Å². The molecule has 2 N–H and O–H groups in total. The van der Waals surface area contributed by atoms with Crippen LogP contribution in [0.4, 0.5) is 4.79 Å². The number of hydrogen-bond donors (Lipinski definition) is 2. The van der Waals surface area contributed by atoms with Crippen molar-refractivity contribution < 1.29 is 23.9 Å². The van der Waals surface area contributed by atoms with Crippen molar-refractivity contribution in [2.75, 3.05) is 26.3 Å². The number of ether oxygens (including phenoxy) is 2. The molecule has 1 aliphatic heterocycles. The highest BCUT2D eigenvalue weighted by Crippen LogP contribution is 2.22. The smallest absolute Gasteiger partial charge is 0.409 e. The molecule has 1 fully saturated rings. The summed E-state index contributed by atoms with van der Waals surface area (Å²) in [6.07, 6.45) is 1.47. The Morgan fingerprint density at radius 2 is 1.93 bits per heavy atom. The van der Waals surface area contributed by atoms with Crippen LogP contribution in [0.3, 0.4) is 0 Å². The second kappa shape index (κ2) is 11.5. The van der Waals surface area contributed by atoms with Crippen molar-refractivity contribution in [2.24, 2.45) is 5.92 Å². The maximum absolute atomic E-state index is 12.2. The molecule has 1 aliphatic rings. The Bertz CT molecular complexity index is 720. The Balaban J connectivity index is 1.60. The average molecular weight is 426 g/mol. The third-order valence-electron chi connectivity index (χ3n) is 4.66. The first kappa shape index (κ1) is 22.8. The predicted molar refractivity (Wildman–Crippen MR) is 109 cm³/mol. The molecule has 160 valence electrons. The fraction of sp³-hybridized carbons (Fsp3) is 0.550. The van der Waals surface area contributed by atoms with Crippen LogP contribution in [0.2, 0.25) is 5.02 Å². The van der Waals surface area contributed by atoms with Gasteiger partial charge in [0.05, 0.1) is 13.2 Å². The number of nitrogens with one attached hydrogen (secondary N) is 2. The standard InChI is InChI=1S/C20H28ClN3O5/c1-3-28-20(27)24-10-8-15(9-11-24)19(26)23-22-18(25)5-4-12-29-17-7-6-16(21)13-14(17)2/h6-7,13,15H,3-5,8-12H2,1-2H3,(H,22,25)(H,23,26). The van der Waals surface area contributed by atoms with Crippen molar-refractivity contribution in [3.8, 4) is 5.75 Å². The molecule has 3 amide bonds. The SMILES string of the molecule is CCOC(=O)N1CCC(C(=O)NNC(=O)CCCOc2ccc(Cl)cc2C)CC1. The summed E-state index contributed by atoms with van der Waals surface area (Å²) in [5.41, 5.74) is 5.84. The molecule has 0 radical (unpaired) electrons. The van der Waals surface area contributed by atoms with Crippen LogP contribution in [0.5, 0.6) is 5.75 Å². The molecule has 0 aromatic heterocycles. The summed E-state index contributed by atoms with van der Waals surface area (Å²) in [7, 11) is 0. The van der Waals surface area contributed by atoms with E-state index in [9.17, 15) is 14.4 Å². The highest BCUT2D eigenvalue weighted by molar-refractivity contribution is 6.30. The topological polar surface area (TPSA) is 97.0 Å². The summed E-state index contributed by atoms with van der Waals surface area (Å²) < 4.78 is 10.6. The highest BCUT2D eigenvalue weighted by atomic mass is 35.5. The van der Waals surface area contributed by atoms with Gasteiger partial charge in [0.25, 0.3) is 0 Å². The van der Waals surface area contributed by atoms with Crippen molar-refractivity contribution >= 4 is 29.5 Å². The monoisotopic (exact) mass is 425 g/mol. The Morgan fingerprint density at radius 1 is 1.21 bits per heavy atom. The minimum atomic E-state index is -0.351. The number of nitrogens with zero attached hydrogens (tertiary/aromatic N) is 1. The lowest BCUT2D eigenvalue weighted by molar-refractivity contribution is -0.132. The third-order valence-corrected chi connectivity index (χ3v) is 4.89. The molecule has 0 aliphatic carbocycles. The maximum Gasteiger partial charge on any atom is 0.409 e. The Hall–Kier alpha value is -2.48. The van der Waals surface area contributed by atoms with E-state index < -0.39 is 0 Å². The number of carbonyl (C=O) groups excluding carboxylic acids is 3. The van der Waals surface area contributed by atoms with Crippen LogP contribution in [-0.4, -0.2) is 49.1 Å². The Labute approximate surface area is 175 Å². The van der Waals surface area contributed by atoms with Crippen LogP contribution >= 0.6 is 11.6 Å². The first-order valence-corrected chi connectivity index (χ1v) is 10.2. The molecule has 29 heavy (non-hydrogen) atoms. The molecule has 0 bridgehead atoms. The zero-order valence-electron chi connectivity index (χ0n) is 16.8. The minimum Gasteiger partial charge on any atom is -0.493 e. The molecular weight excluding hydrogens is 398 g/mol. The fourth-order valence-corrected chi connectivity index (χ4v) is 3.25. The summed E-state index contributed by atoms with van der Waals surface area (Å²) in [6.45, 7) is 5.30. The summed E-state index contributed by atoms with van der Waals surface area (Å²) in [5, 5.41) is 0.650. The van der Waals surface area contributed by atoms with E-state index in [1.54, 1.807) is 24.0 Å². The number of benzene rings is 1. The normalized spacial score (nSPS) is 14.2. The second-order valence-electron chi connectivity index (χ2n) is 6.86. The number of rotatable bonds is 7. The lowest BCUT2D eigenvalue weighted by Crippen LogP contribution is -2.48. The van der Waals surface area contributed by atoms with Crippen molar-refractivity contribution in [2.45, 2.75) is 39.5 Å². The van der Waals surface area contributed by atoms with Gasteiger partial charge in [-0.05, 0) is 56.9 Å². The molecule has 1 saturated heterocycles. The van der Waals surface area contributed by atoms with Crippen molar-refractivity contribution in [3.63, 3.8) is 0 Å². The van der Waals surface area contributed by atoms with Gasteiger partial charge in [0.2, 0.25) is 11.8 Å². The number of halogens is 1. The van der Waals surface area contributed by atoms with E-state index in [4.69, 9.17) is 21.1 Å². The molecule has 9 heteroatoms. The van der Waals surface area contributed by atoms with E-state index in [1.807, 2.05) is 13.0 Å². The van der Waals surface area contributed by atoms with E-state index in [2.05, 4.69) is 10.9 Å². The first-order chi connectivity index (χ1) is 13.9. The molecular formula is C20H28ClN3O5.